The van der Waals surface area contributed by atoms with Crippen LogP contribution < -0.4 is 10.6 Å². The van der Waals surface area contributed by atoms with Crippen LogP contribution in [0.5, 0.6) is 0 Å². The third kappa shape index (κ3) is 6.77. The van der Waals surface area contributed by atoms with Gasteiger partial charge in [0.25, 0.3) is 0 Å². The summed E-state index contributed by atoms with van der Waals surface area (Å²) in [5.41, 5.74) is 0. The Bertz CT molecular complexity index is 351. The maximum absolute atomic E-state index is 11.8. The summed E-state index contributed by atoms with van der Waals surface area (Å²) in [5.74, 6) is 0. The van der Waals surface area contributed by atoms with Crippen LogP contribution in [0.2, 0.25) is 0 Å². The van der Waals surface area contributed by atoms with E-state index in [0.29, 0.717) is 13.0 Å². The molecule has 1 aromatic heterocycles. The SMILES string of the molecule is O=C(NCCCCn1ccnc1)NCC(F)(F)F. The molecule has 0 bridgehead atoms. The van der Waals surface area contributed by atoms with E-state index in [-0.39, 0.29) is 0 Å². The molecule has 0 aromatic carbocycles. The maximum atomic E-state index is 11.8. The molecule has 0 saturated heterocycles. The number of nitrogens with zero attached hydrogens (tertiary/aromatic N) is 2. The van der Waals surface area contributed by atoms with Crippen molar-refractivity contribution >= 4 is 6.03 Å². The fourth-order valence-electron chi connectivity index (χ4n) is 1.28. The Labute approximate surface area is 102 Å². The Hall–Kier alpha value is -1.73. The molecular weight excluding hydrogens is 249 g/mol. The van der Waals surface area contributed by atoms with Gasteiger partial charge in [0.05, 0.1) is 6.33 Å². The molecule has 2 amide bonds. The van der Waals surface area contributed by atoms with Crippen molar-refractivity contribution in [3.05, 3.63) is 18.7 Å². The van der Waals surface area contributed by atoms with E-state index >= 15 is 0 Å². The zero-order valence-electron chi connectivity index (χ0n) is 9.70. The molecule has 0 spiro atoms. The van der Waals surface area contributed by atoms with Gasteiger partial charge in [-0.2, -0.15) is 13.2 Å². The number of carbonyl (C=O) groups is 1. The van der Waals surface area contributed by atoms with E-state index in [1.807, 2.05) is 10.8 Å². The average Bonchev–Trinajstić information content (AvgIpc) is 2.78. The third-order valence-electron chi connectivity index (χ3n) is 2.14. The van der Waals surface area contributed by atoms with Gasteiger partial charge in [0.1, 0.15) is 6.54 Å². The van der Waals surface area contributed by atoms with E-state index in [2.05, 4.69) is 10.3 Å². The molecule has 0 aliphatic rings. The minimum atomic E-state index is -4.38. The van der Waals surface area contributed by atoms with Gasteiger partial charge in [-0.05, 0) is 12.8 Å². The van der Waals surface area contributed by atoms with Crippen LogP contribution in [0.25, 0.3) is 0 Å². The zero-order valence-corrected chi connectivity index (χ0v) is 9.70. The van der Waals surface area contributed by atoms with E-state index in [1.54, 1.807) is 17.8 Å². The lowest BCUT2D eigenvalue weighted by Gasteiger charge is -2.09. The first-order chi connectivity index (χ1) is 8.47. The topological polar surface area (TPSA) is 59.0 Å². The van der Waals surface area contributed by atoms with Gasteiger partial charge in [-0.3, -0.25) is 0 Å². The highest BCUT2D eigenvalue weighted by atomic mass is 19.4. The number of rotatable bonds is 6. The molecule has 0 radical (unpaired) electrons. The fraction of sp³-hybridized carbons (Fsp3) is 0.600. The number of imidazole rings is 1. The number of urea groups is 1. The van der Waals surface area contributed by atoms with Crippen molar-refractivity contribution in [2.45, 2.75) is 25.6 Å². The number of hydrogen-bond donors (Lipinski definition) is 2. The Balaban J connectivity index is 1.99. The predicted molar refractivity (Wildman–Crippen MR) is 58.9 cm³/mol. The maximum Gasteiger partial charge on any atom is 0.405 e. The van der Waals surface area contributed by atoms with Gasteiger partial charge in [-0.1, -0.05) is 0 Å². The average molecular weight is 264 g/mol. The second kappa shape index (κ2) is 6.87. The molecule has 0 atom stereocenters. The van der Waals surface area contributed by atoms with Crippen molar-refractivity contribution < 1.29 is 18.0 Å². The Kier molecular flexibility index (Phi) is 5.47. The van der Waals surface area contributed by atoms with Gasteiger partial charge >= 0.3 is 12.2 Å². The molecule has 0 aliphatic carbocycles. The van der Waals surface area contributed by atoms with Crippen molar-refractivity contribution in [1.29, 1.82) is 0 Å². The number of amides is 2. The van der Waals surface area contributed by atoms with Crippen molar-refractivity contribution in [1.82, 2.24) is 20.2 Å². The summed E-state index contributed by atoms with van der Waals surface area (Å²) >= 11 is 0. The molecule has 0 unspecified atom stereocenters. The molecule has 0 fully saturated rings. The summed E-state index contributed by atoms with van der Waals surface area (Å²) in [5, 5.41) is 4.10. The summed E-state index contributed by atoms with van der Waals surface area (Å²) < 4.78 is 37.2. The predicted octanol–water partition coefficient (Wildman–Crippen LogP) is 1.52. The monoisotopic (exact) mass is 264 g/mol. The van der Waals surface area contributed by atoms with Gasteiger partial charge in [-0.15, -0.1) is 0 Å². The summed E-state index contributed by atoms with van der Waals surface area (Å²) in [4.78, 5) is 14.8. The molecule has 2 N–H and O–H groups in total. The zero-order chi connectivity index (χ0) is 13.4. The lowest BCUT2D eigenvalue weighted by molar-refractivity contribution is -0.122. The molecule has 1 aromatic rings. The van der Waals surface area contributed by atoms with Gasteiger partial charge in [0.15, 0.2) is 0 Å². The normalized spacial score (nSPS) is 11.3. The van der Waals surface area contributed by atoms with E-state index in [0.717, 1.165) is 13.0 Å². The lowest BCUT2D eigenvalue weighted by Crippen LogP contribution is -2.41. The number of halogens is 3. The number of nitrogens with one attached hydrogen (secondary N) is 2. The van der Waals surface area contributed by atoms with Crippen LogP contribution in [-0.2, 0) is 6.54 Å². The summed E-state index contributed by atoms with van der Waals surface area (Å²) in [6.07, 6.45) is 2.31. The number of unbranched alkanes of at least 4 members (excludes halogenated alkanes) is 1. The van der Waals surface area contributed by atoms with E-state index in [4.69, 9.17) is 0 Å². The molecular formula is C10H15F3N4O. The summed E-state index contributed by atoms with van der Waals surface area (Å²) in [6.45, 7) is -0.196. The van der Waals surface area contributed by atoms with Crippen LogP contribution >= 0.6 is 0 Å². The van der Waals surface area contributed by atoms with E-state index in [9.17, 15) is 18.0 Å². The van der Waals surface area contributed by atoms with Crippen LogP contribution in [0.15, 0.2) is 18.7 Å². The summed E-state index contributed by atoms with van der Waals surface area (Å²) in [6, 6.07) is -0.796. The van der Waals surface area contributed by atoms with Gasteiger partial charge in [-0.25, -0.2) is 9.78 Å². The molecule has 0 saturated carbocycles. The van der Waals surface area contributed by atoms with E-state index in [1.165, 1.54) is 0 Å². The number of alkyl halides is 3. The van der Waals surface area contributed by atoms with Crippen molar-refractivity contribution in [3.63, 3.8) is 0 Å². The van der Waals surface area contributed by atoms with Crippen LogP contribution in [0.3, 0.4) is 0 Å². The Morgan fingerprint density at radius 1 is 1.28 bits per heavy atom. The first-order valence-electron chi connectivity index (χ1n) is 5.51. The van der Waals surface area contributed by atoms with Crippen molar-refractivity contribution in [3.8, 4) is 0 Å². The number of aromatic nitrogens is 2. The van der Waals surface area contributed by atoms with E-state index < -0.39 is 18.8 Å². The van der Waals surface area contributed by atoms with Crippen LogP contribution in [0, 0.1) is 0 Å². The summed E-state index contributed by atoms with van der Waals surface area (Å²) in [7, 11) is 0. The minimum Gasteiger partial charge on any atom is -0.338 e. The Morgan fingerprint density at radius 2 is 2.06 bits per heavy atom. The van der Waals surface area contributed by atoms with Crippen molar-refractivity contribution in [2.75, 3.05) is 13.1 Å². The molecule has 1 heterocycles. The van der Waals surface area contributed by atoms with Gasteiger partial charge in [0.2, 0.25) is 0 Å². The fourth-order valence-corrected chi connectivity index (χ4v) is 1.28. The number of carbonyl (C=O) groups excluding carboxylic acids is 1. The highest BCUT2D eigenvalue weighted by Gasteiger charge is 2.27. The third-order valence-corrected chi connectivity index (χ3v) is 2.14. The quantitative estimate of drug-likeness (QED) is 0.765. The minimum absolute atomic E-state index is 0.346. The number of hydrogen-bond acceptors (Lipinski definition) is 2. The van der Waals surface area contributed by atoms with Crippen molar-refractivity contribution in [2.24, 2.45) is 0 Å². The molecule has 102 valence electrons. The second-order valence-corrected chi connectivity index (χ2v) is 3.73. The van der Waals surface area contributed by atoms with Crippen LogP contribution in [0.4, 0.5) is 18.0 Å². The highest BCUT2D eigenvalue weighted by molar-refractivity contribution is 5.73. The molecule has 18 heavy (non-hydrogen) atoms. The Morgan fingerprint density at radius 3 is 2.67 bits per heavy atom. The standard InChI is InChI=1S/C10H15F3N4O/c11-10(12,13)7-16-9(18)15-3-1-2-5-17-6-4-14-8-17/h4,6,8H,1-3,5,7H2,(H2,15,16,18). The van der Waals surface area contributed by atoms with Crippen LogP contribution in [0.1, 0.15) is 12.8 Å². The first-order valence-corrected chi connectivity index (χ1v) is 5.51. The molecule has 1 rings (SSSR count). The highest BCUT2D eigenvalue weighted by Crippen LogP contribution is 2.11. The smallest absolute Gasteiger partial charge is 0.338 e. The molecule has 8 heteroatoms. The molecule has 0 aliphatic heterocycles. The van der Waals surface area contributed by atoms with Crippen LogP contribution in [-0.4, -0.2) is 34.8 Å². The van der Waals surface area contributed by atoms with Gasteiger partial charge < -0.3 is 15.2 Å². The second-order valence-electron chi connectivity index (χ2n) is 3.73. The van der Waals surface area contributed by atoms with Gasteiger partial charge in [0, 0.05) is 25.5 Å². The first kappa shape index (κ1) is 14.3. The number of aryl methyl sites for hydroxylation is 1. The largest absolute Gasteiger partial charge is 0.405 e. The lowest BCUT2D eigenvalue weighted by atomic mass is 10.3. The molecule has 5 nitrogen and oxygen atoms in total.